The van der Waals surface area contributed by atoms with Crippen LogP contribution in [0.2, 0.25) is 0 Å². The van der Waals surface area contributed by atoms with E-state index in [4.69, 9.17) is 4.42 Å². The molecule has 0 atom stereocenters. The summed E-state index contributed by atoms with van der Waals surface area (Å²) in [5.74, 6) is 0.274. The first-order valence-corrected chi connectivity index (χ1v) is 10.0. The second kappa shape index (κ2) is 7.40. The molecule has 0 spiro atoms. The van der Waals surface area contributed by atoms with Crippen LogP contribution in [0.4, 0.5) is 9.52 Å². The molecule has 1 aromatic carbocycles. The highest BCUT2D eigenvalue weighted by Gasteiger charge is 2.20. The number of aryl methyl sites for hydroxylation is 1. The molecule has 1 aliphatic heterocycles. The normalized spacial score (nSPS) is 16.1. The average Bonchev–Trinajstić information content (AvgIpc) is 3.21. The van der Waals surface area contributed by atoms with Gasteiger partial charge in [0.05, 0.1) is 5.69 Å². The van der Waals surface area contributed by atoms with Crippen molar-refractivity contribution < 1.29 is 13.6 Å². The fourth-order valence-electron chi connectivity index (χ4n) is 3.45. The van der Waals surface area contributed by atoms with E-state index in [9.17, 15) is 9.18 Å². The van der Waals surface area contributed by atoms with Crippen molar-refractivity contribution in [2.75, 3.05) is 18.4 Å². The van der Waals surface area contributed by atoms with Gasteiger partial charge in [0.15, 0.2) is 10.9 Å². The molecule has 3 aromatic rings. The summed E-state index contributed by atoms with van der Waals surface area (Å²) in [6.45, 7) is 7.04. The Morgan fingerprint density at radius 2 is 2.19 bits per heavy atom. The van der Waals surface area contributed by atoms with Crippen molar-refractivity contribution in [2.45, 2.75) is 33.2 Å². The lowest BCUT2D eigenvalue weighted by atomic mass is 9.99. The standard InChI is InChI=1S/C20H22FN3O2S/c1-12-5-7-24(8-6-12)10-15-11-27-20(22-15)23-19(25)18-13(2)16-9-14(21)3-4-17(16)26-18/h3-4,9,11-12H,5-8,10H2,1-2H3,(H,22,23,25). The smallest absolute Gasteiger partial charge is 0.293 e. The molecule has 1 amide bonds. The fraction of sp³-hybridized carbons (Fsp3) is 0.400. The Kier molecular flexibility index (Phi) is 4.97. The summed E-state index contributed by atoms with van der Waals surface area (Å²) in [4.78, 5) is 19.5. The monoisotopic (exact) mass is 387 g/mol. The van der Waals surface area contributed by atoms with Crippen LogP contribution in [-0.2, 0) is 6.54 Å². The van der Waals surface area contributed by atoms with E-state index in [0.29, 0.717) is 21.7 Å². The number of carbonyl (C=O) groups is 1. The number of likely N-dealkylation sites (tertiary alicyclic amines) is 1. The Bertz CT molecular complexity index is 973. The molecule has 3 heterocycles. The Hall–Kier alpha value is -2.25. The number of rotatable bonds is 4. The highest BCUT2D eigenvalue weighted by Crippen LogP contribution is 2.27. The number of furan rings is 1. The number of benzene rings is 1. The molecule has 1 saturated heterocycles. The van der Waals surface area contributed by atoms with Gasteiger partial charge in [0, 0.05) is 22.9 Å². The van der Waals surface area contributed by atoms with Crippen molar-refractivity contribution in [2.24, 2.45) is 5.92 Å². The van der Waals surface area contributed by atoms with E-state index in [1.165, 1.54) is 42.4 Å². The van der Waals surface area contributed by atoms with E-state index < -0.39 is 0 Å². The number of nitrogens with zero attached hydrogens (tertiary/aromatic N) is 2. The number of fused-ring (bicyclic) bond motifs is 1. The summed E-state index contributed by atoms with van der Waals surface area (Å²) in [5.41, 5.74) is 2.09. The van der Waals surface area contributed by atoms with Gasteiger partial charge >= 0.3 is 0 Å². The third-order valence-corrected chi connectivity index (χ3v) is 5.95. The maximum atomic E-state index is 13.4. The van der Waals surface area contributed by atoms with Crippen LogP contribution in [-0.4, -0.2) is 28.9 Å². The van der Waals surface area contributed by atoms with Gasteiger partial charge in [-0.05, 0) is 57.0 Å². The molecule has 0 radical (unpaired) electrons. The van der Waals surface area contributed by atoms with E-state index in [1.807, 2.05) is 5.38 Å². The Labute approximate surface area is 161 Å². The molecule has 0 unspecified atom stereocenters. The van der Waals surface area contributed by atoms with E-state index in [-0.39, 0.29) is 17.5 Å². The zero-order chi connectivity index (χ0) is 19.0. The maximum absolute atomic E-state index is 13.4. The predicted octanol–water partition coefficient (Wildman–Crippen LogP) is 4.82. The van der Waals surface area contributed by atoms with Gasteiger partial charge in [0.1, 0.15) is 11.4 Å². The summed E-state index contributed by atoms with van der Waals surface area (Å²) in [6, 6.07) is 4.24. The number of halogens is 1. The highest BCUT2D eigenvalue weighted by molar-refractivity contribution is 7.13. The fourth-order valence-corrected chi connectivity index (χ4v) is 4.15. The number of aromatic nitrogens is 1. The first-order chi connectivity index (χ1) is 13.0. The number of hydrogen-bond donors (Lipinski definition) is 1. The molecule has 0 saturated carbocycles. The summed E-state index contributed by atoms with van der Waals surface area (Å²) in [7, 11) is 0. The van der Waals surface area contributed by atoms with Crippen molar-refractivity contribution in [3.63, 3.8) is 0 Å². The average molecular weight is 387 g/mol. The summed E-state index contributed by atoms with van der Waals surface area (Å²) >= 11 is 1.41. The van der Waals surface area contributed by atoms with Crippen LogP contribution in [0, 0.1) is 18.7 Å². The van der Waals surface area contributed by atoms with E-state index in [2.05, 4.69) is 22.1 Å². The molecular formula is C20H22FN3O2S. The molecule has 2 aromatic heterocycles. The molecule has 1 fully saturated rings. The SMILES string of the molecule is Cc1c(C(=O)Nc2nc(CN3CCC(C)CC3)cs2)oc2ccc(F)cc12. The molecule has 5 nitrogen and oxygen atoms in total. The van der Waals surface area contributed by atoms with Crippen molar-refractivity contribution in [3.8, 4) is 0 Å². The number of carbonyl (C=O) groups excluding carboxylic acids is 1. The van der Waals surface area contributed by atoms with Crippen LogP contribution >= 0.6 is 11.3 Å². The lowest BCUT2D eigenvalue weighted by Gasteiger charge is -2.29. The van der Waals surface area contributed by atoms with Gasteiger partial charge in [-0.2, -0.15) is 0 Å². The highest BCUT2D eigenvalue weighted by atomic mass is 32.1. The minimum absolute atomic E-state index is 0.192. The van der Waals surface area contributed by atoms with Crippen LogP contribution < -0.4 is 5.32 Å². The van der Waals surface area contributed by atoms with Gasteiger partial charge in [-0.3, -0.25) is 15.0 Å². The second-order valence-electron chi connectivity index (χ2n) is 7.25. The molecule has 7 heteroatoms. The molecular weight excluding hydrogens is 365 g/mol. The first-order valence-electron chi connectivity index (χ1n) is 9.16. The van der Waals surface area contributed by atoms with Crippen LogP contribution in [0.25, 0.3) is 11.0 Å². The van der Waals surface area contributed by atoms with Crippen LogP contribution in [0.3, 0.4) is 0 Å². The van der Waals surface area contributed by atoms with Crippen molar-refractivity contribution >= 4 is 33.3 Å². The minimum Gasteiger partial charge on any atom is -0.451 e. The zero-order valence-corrected chi connectivity index (χ0v) is 16.2. The van der Waals surface area contributed by atoms with Gasteiger partial charge in [0.25, 0.3) is 5.91 Å². The molecule has 1 N–H and O–H groups in total. The maximum Gasteiger partial charge on any atom is 0.293 e. The third kappa shape index (κ3) is 3.89. The number of amides is 1. The number of anilines is 1. The Morgan fingerprint density at radius 1 is 1.41 bits per heavy atom. The minimum atomic E-state index is -0.364. The lowest BCUT2D eigenvalue weighted by molar-refractivity contribution is 0.0998. The molecule has 0 bridgehead atoms. The summed E-state index contributed by atoms with van der Waals surface area (Å²) < 4.78 is 19.1. The molecule has 1 aliphatic rings. The van der Waals surface area contributed by atoms with Crippen molar-refractivity contribution in [1.82, 2.24) is 9.88 Å². The number of piperidine rings is 1. The van der Waals surface area contributed by atoms with Gasteiger partial charge in [-0.25, -0.2) is 9.37 Å². The third-order valence-electron chi connectivity index (χ3n) is 5.14. The van der Waals surface area contributed by atoms with E-state index in [0.717, 1.165) is 31.2 Å². The first kappa shape index (κ1) is 18.1. The summed E-state index contributed by atoms with van der Waals surface area (Å²) in [5, 5.41) is 5.94. The van der Waals surface area contributed by atoms with Crippen LogP contribution in [0.15, 0.2) is 28.0 Å². The largest absolute Gasteiger partial charge is 0.451 e. The topological polar surface area (TPSA) is 58.4 Å². The van der Waals surface area contributed by atoms with Gasteiger partial charge in [0.2, 0.25) is 0 Å². The molecule has 4 rings (SSSR count). The Balaban J connectivity index is 1.44. The number of hydrogen-bond acceptors (Lipinski definition) is 5. The lowest BCUT2D eigenvalue weighted by Crippen LogP contribution is -2.32. The van der Waals surface area contributed by atoms with Crippen LogP contribution in [0.5, 0.6) is 0 Å². The van der Waals surface area contributed by atoms with E-state index in [1.54, 1.807) is 6.92 Å². The molecule has 27 heavy (non-hydrogen) atoms. The zero-order valence-electron chi connectivity index (χ0n) is 15.4. The van der Waals surface area contributed by atoms with Crippen molar-refractivity contribution in [1.29, 1.82) is 0 Å². The Morgan fingerprint density at radius 3 is 2.96 bits per heavy atom. The van der Waals surface area contributed by atoms with Gasteiger partial charge in [-0.1, -0.05) is 6.92 Å². The van der Waals surface area contributed by atoms with Crippen LogP contribution in [0.1, 0.15) is 41.6 Å². The number of nitrogens with one attached hydrogen (secondary N) is 1. The predicted molar refractivity (Wildman–Crippen MR) is 105 cm³/mol. The van der Waals surface area contributed by atoms with Gasteiger partial charge in [-0.15, -0.1) is 11.3 Å². The number of thiazole rings is 1. The van der Waals surface area contributed by atoms with E-state index >= 15 is 0 Å². The quantitative estimate of drug-likeness (QED) is 0.697. The second-order valence-corrected chi connectivity index (χ2v) is 8.11. The molecule has 0 aliphatic carbocycles. The van der Waals surface area contributed by atoms with Crippen molar-refractivity contribution in [3.05, 3.63) is 46.4 Å². The molecule has 142 valence electrons. The van der Waals surface area contributed by atoms with Gasteiger partial charge < -0.3 is 4.42 Å². The summed E-state index contributed by atoms with van der Waals surface area (Å²) in [6.07, 6.45) is 2.44.